The Labute approximate surface area is 211 Å². The summed E-state index contributed by atoms with van der Waals surface area (Å²) < 4.78 is 26.0. The lowest BCUT2D eigenvalue weighted by Gasteiger charge is -2.10. The second-order valence-corrected chi connectivity index (χ2v) is 7.92. The Kier molecular flexibility index (Phi) is 6.76. The number of nitrogens with zero attached hydrogens (tertiary/aromatic N) is 2. The van der Waals surface area contributed by atoms with Gasteiger partial charge in [0.25, 0.3) is 5.91 Å². The van der Waals surface area contributed by atoms with Gasteiger partial charge in [0.2, 0.25) is 0 Å². The lowest BCUT2D eigenvalue weighted by molar-refractivity contribution is -0.118. The SMILES string of the molecule is CNC(=O)/C(F)=C\c1cccc(Nc2n[nH]c3nccc(Oc4ccc(Oc5ccccc5)cc4)c23)c1. The maximum absolute atomic E-state index is 14.0. The van der Waals surface area contributed by atoms with Gasteiger partial charge in [0.05, 0.1) is 0 Å². The molecule has 9 heteroatoms. The van der Waals surface area contributed by atoms with Gasteiger partial charge in [0.15, 0.2) is 17.3 Å². The van der Waals surface area contributed by atoms with Crippen molar-refractivity contribution in [2.24, 2.45) is 0 Å². The Bertz CT molecular complexity index is 1570. The minimum absolute atomic E-state index is 0.482. The molecule has 0 saturated heterocycles. The molecule has 3 aromatic carbocycles. The molecule has 0 bridgehead atoms. The number of anilines is 2. The molecule has 3 N–H and O–H groups in total. The lowest BCUT2D eigenvalue weighted by atomic mass is 10.1. The van der Waals surface area contributed by atoms with Crippen LogP contribution >= 0.6 is 0 Å². The van der Waals surface area contributed by atoms with Crippen LogP contribution in [0.15, 0.2) is 97.0 Å². The molecule has 0 atom stereocenters. The first kappa shape index (κ1) is 23.6. The van der Waals surface area contributed by atoms with Gasteiger partial charge in [-0.3, -0.25) is 9.89 Å². The van der Waals surface area contributed by atoms with Crippen LogP contribution in [0, 0.1) is 0 Å². The van der Waals surface area contributed by atoms with Crippen LogP contribution in [0.2, 0.25) is 0 Å². The van der Waals surface area contributed by atoms with Crippen LogP contribution in [0.1, 0.15) is 5.56 Å². The van der Waals surface area contributed by atoms with Gasteiger partial charge in [0.1, 0.15) is 28.4 Å². The summed E-state index contributed by atoms with van der Waals surface area (Å²) >= 11 is 0. The summed E-state index contributed by atoms with van der Waals surface area (Å²) in [5, 5.41) is 13.3. The third kappa shape index (κ3) is 5.57. The number of halogens is 1. The third-order valence-corrected chi connectivity index (χ3v) is 5.34. The number of aromatic amines is 1. The molecule has 2 heterocycles. The highest BCUT2D eigenvalue weighted by Crippen LogP contribution is 2.35. The predicted octanol–water partition coefficient (Wildman–Crippen LogP) is 6.34. The Morgan fingerprint density at radius 3 is 2.41 bits per heavy atom. The number of benzene rings is 3. The summed E-state index contributed by atoms with van der Waals surface area (Å²) in [6.07, 6.45) is 2.79. The van der Waals surface area contributed by atoms with E-state index in [1.807, 2.05) is 54.6 Å². The number of ether oxygens (including phenoxy) is 2. The summed E-state index contributed by atoms with van der Waals surface area (Å²) in [4.78, 5) is 15.8. The lowest BCUT2D eigenvalue weighted by Crippen LogP contribution is -2.17. The zero-order chi connectivity index (χ0) is 25.6. The van der Waals surface area contributed by atoms with Gasteiger partial charge < -0.3 is 20.1 Å². The average molecular weight is 496 g/mol. The first-order valence-corrected chi connectivity index (χ1v) is 11.4. The minimum Gasteiger partial charge on any atom is -0.457 e. The van der Waals surface area contributed by atoms with Crippen LogP contribution in [0.5, 0.6) is 23.0 Å². The van der Waals surface area contributed by atoms with E-state index in [1.165, 1.54) is 7.05 Å². The molecule has 0 saturated carbocycles. The number of H-pyrrole nitrogens is 1. The number of aromatic nitrogens is 3. The Morgan fingerprint density at radius 1 is 0.919 bits per heavy atom. The number of carbonyl (C=O) groups excluding carboxylic acids is 1. The molecule has 0 aliphatic heterocycles. The van der Waals surface area contributed by atoms with Crippen molar-refractivity contribution in [2.45, 2.75) is 0 Å². The third-order valence-electron chi connectivity index (χ3n) is 5.34. The maximum Gasteiger partial charge on any atom is 0.279 e. The van der Waals surface area contributed by atoms with Crippen molar-refractivity contribution in [3.63, 3.8) is 0 Å². The highest BCUT2D eigenvalue weighted by atomic mass is 19.1. The zero-order valence-corrected chi connectivity index (χ0v) is 19.7. The first-order chi connectivity index (χ1) is 18.1. The van der Waals surface area contributed by atoms with E-state index >= 15 is 0 Å². The van der Waals surface area contributed by atoms with Gasteiger partial charge in [0, 0.05) is 25.0 Å². The molecule has 0 aliphatic rings. The van der Waals surface area contributed by atoms with E-state index in [0.717, 1.165) is 11.8 Å². The first-order valence-electron chi connectivity index (χ1n) is 11.4. The number of pyridine rings is 1. The minimum atomic E-state index is -0.884. The summed E-state index contributed by atoms with van der Waals surface area (Å²) in [6.45, 7) is 0. The van der Waals surface area contributed by atoms with E-state index in [4.69, 9.17) is 9.47 Å². The van der Waals surface area contributed by atoms with Crippen molar-refractivity contribution >= 4 is 34.5 Å². The number of hydrogen-bond acceptors (Lipinski definition) is 6. The number of fused-ring (bicyclic) bond motifs is 1. The Balaban J connectivity index is 1.37. The molecule has 8 nitrogen and oxygen atoms in total. The van der Waals surface area contributed by atoms with E-state index in [2.05, 4.69) is 25.8 Å². The van der Waals surface area contributed by atoms with Crippen molar-refractivity contribution in [2.75, 3.05) is 12.4 Å². The largest absolute Gasteiger partial charge is 0.457 e. The predicted molar refractivity (Wildman–Crippen MR) is 140 cm³/mol. The summed E-state index contributed by atoms with van der Waals surface area (Å²) in [5.41, 5.74) is 1.69. The van der Waals surface area contributed by atoms with Crippen LogP contribution < -0.4 is 20.1 Å². The maximum atomic E-state index is 14.0. The number of hydrogen-bond donors (Lipinski definition) is 3. The molecule has 184 valence electrons. The highest BCUT2D eigenvalue weighted by Gasteiger charge is 2.14. The molecule has 0 spiro atoms. The fraction of sp³-hybridized carbons (Fsp3) is 0.0357. The van der Waals surface area contributed by atoms with Gasteiger partial charge in [-0.2, -0.15) is 5.10 Å². The molecule has 0 unspecified atom stereocenters. The number of para-hydroxylation sites is 1. The second-order valence-electron chi connectivity index (χ2n) is 7.92. The Hall–Kier alpha value is -5.18. The van der Waals surface area contributed by atoms with E-state index < -0.39 is 11.7 Å². The van der Waals surface area contributed by atoms with Crippen molar-refractivity contribution in [3.05, 3.63) is 103 Å². The monoisotopic (exact) mass is 495 g/mol. The van der Waals surface area contributed by atoms with E-state index in [0.29, 0.717) is 45.4 Å². The molecule has 0 radical (unpaired) electrons. The molecular weight excluding hydrogens is 473 g/mol. The smallest absolute Gasteiger partial charge is 0.279 e. The number of rotatable bonds is 8. The molecule has 5 rings (SSSR count). The van der Waals surface area contributed by atoms with E-state index in [1.54, 1.807) is 36.5 Å². The van der Waals surface area contributed by atoms with Crippen molar-refractivity contribution < 1.29 is 18.7 Å². The molecule has 0 aliphatic carbocycles. The molecule has 5 aromatic rings. The van der Waals surface area contributed by atoms with Crippen molar-refractivity contribution in [3.8, 4) is 23.0 Å². The molecule has 0 fully saturated rings. The van der Waals surface area contributed by atoms with E-state index in [9.17, 15) is 9.18 Å². The van der Waals surface area contributed by atoms with Crippen LogP contribution in [0.4, 0.5) is 15.9 Å². The topological polar surface area (TPSA) is 101 Å². The van der Waals surface area contributed by atoms with Crippen LogP contribution in [0.25, 0.3) is 17.1 Å². The number of carbonyl (C=O) groups is 1. The molecular formula is C28H22FN5O3. The average Bonchev–Trinajstić information content (AvgIpc) is 3.33. The summed E-state index contributed by atoms with van der Waals surface area (Å²) in [5.74, 6) is 1.39. The van der Waals surface area contributed by atoms with Crippen LogP contribution in [-0.4, -0.2) is 28.1 Å². The van der Waals surface area contributed by atoms with Crippen molar-refractivity contribution in [1.82, 2.24) is 20.5 Å². The Morgan fingerprint density at radius 2 is 1.65 bits per heavy atom. The van der Waals surface area contributed by atoms with Crippen LogP contribution in [-0.2, 0) is 4.79 Å². The standard InChI is InChI=1S/C28H22FN5O3/c1-30-28(35)23(29)17-18-6-5-7-19(16-18)32-27-25-24(14-15-31-26(25)33-34-27)37-22-12-10-21(11-13-22)36-20-8-3-2-4-9-20/h2-17H,1H3,(H,30,35)(H2,31,32,33,34)/b23-17+. The number of likely N-dealkylation sites (N-methyl/N-ethyl adjacent to an activating group) is 1. The number of nitrogens with one attached hydrogen (secondary N) is 3. The fourth-order valence-corrected chi connectivity index (χ4v) is 3.60. The normalized spacial score (nSPS) is 11.2. The fourth-order valence-electron chi connectivity index (χ4n) is 3.60. The quantitative estimate of drug-likeness (QED) is 0.217. The molecule has 2 aromatic heterocycles. The van der Waals surface area contributed by atoms with Crippen molar-refractivity contribution in [1.29, 1.82) is 0 Å². The van der Waals surface area contributed by atoms with E-state index in [-0.39, 0.29) is 0 Å². The molecule has 1 amide bonds. The number of amides is 1. The van der Waals surface area contributed by atoms with Gasteiger partial charge >= 0.3 is 0 Å². The van der Waals surface area contributed by atoms with Gasteiger partial charge in [-0.05, 0) is 60.2 Å². The van der Waals surface area contributed by atoms with Gasteiger partial charge in [-0.25, -0.2) is 9.37 Å². The van der Waals surface area contributed by atoms with Gasteiger partial charge in [-0.1, -0.05) is 30.3 Å². The van der Waals surface area contributed by atoms with Crippen LogP contribution in [0.3, 0.4) is 0 Å². The summed E-state index contributed by atoms with van der Waals surface area (Å²) in [6, 6.07) is 25.5. The zero-order valence-electron chi connectivity index (χ0n) is 19.7. The summed E-state index contributed by atoms with van der Waals surface area (Å²) in [7, 11) is 1.37. The second kappa shape index (κ2) is 10.6. The van der Waals surface area contributed by atoms with Gasteiger partial charge in [-0.15, -0.1) is 0 Å². The highest BCUT2D eigenvalue weighted by molar-refractivity contribution is 5.96. The molecule has 37 heavy (non-hydrogen) atoms.